The number of nitrogens with two attached hydrogens (primary N) is 1. The van der Waals surface area contributed by atoms with E-state index in [1.54, 1.807) is 0 Å². The third kappa shape index (κ3) is 6.17. The zero-order valence-electron chi connectivity index (χ0n) is 12.5. The van der Waals surface area contributed by atoms with Crippen LogP contribution in [0, 0.1) is 0 Å². The number of thioether (sulfide) groups is 1. The number of unbranched alkanes of at least 4 members (excludes halogenated alkanes) is 1. The molecule has 1 atom stereocenters. The first-order valence-corrected chi connectivity index (χ1v) is 8.80. The van der Waals surface area contributed by atoms with Crippen molar-refractivity contribution in [1.29, 1.82) is 0 Å². The van der Waals surface area contributed by atoms with E-state index < -0.39 is 5.54 Å². The van der Waals surface area contributed by atoms with E-state index in [9.17, 15) is 4.79 Å². The second-order valence-electron chi connectivity index (χ2n) is 5.86. The molecule has 1 unspecified atom stereocenters. The Morgan fingerprint density at radius 2 is 2.05 bits per heavy atom. The summed E-state index contributed by atoms with van der Waals surface area (Å²) in [4.78, 5) is 11.6. The zero-order valence-corrected chi connectivity index (χ0v) is 13.4. The lowest BCUT2D eigenvalue weighted by atomic mass is 9.94. The maximum Gasteiger partial charge on any atom is 0.237 e. The van der Waals surface area contributed by atoms with Crippen LogP contribution in [0.15, 0.2) is 0 Å². The third-order valence-corrected chi connectivity index (χ3v) is 5.50. The zero-order chi connectivity index (χ0) is 14.1. The van der Waals surface area contributed by atoms with Crippen LogP contribution in [0.1, 0.15) is 65.2 Å². The average Bonchev–Trinajstić information content (AvgIpc) is 2.89. The molecule has 0 radical (unpaired) electrons. The highest BCUT2D eigenvalue weighted by Gasteiger charge is 2.29. The monoisotopic (exact) mass is 286 g/mol. The van der Waals surface area contributed by atoms with Crippen molar-refractivity contribution in [2.45, 2.75) is 76.0 Å². The highest BCUT2D eigenvalue weighted by molar-refractivity contribution is 7.99. The lowest BCUT2D eigenvalue weighted by Gasteiger charge is -2.27. The molecule has 1 fully saturated rings. The van der Waals surface area contributed by atoms with Crippen LogP contribution in [-0.4, -0.2) is 29.0 Å². The summed E-state index contributed by atoms with van der Waals surface area (Å²) in [6, 6.07) is 0. The summed E-state index contributed by atoms with van der Waals surface area (Å²) >= 11 is 2.12. The number of carbonyl (C=O) groups excluding carboxylic acids is 1. The highest BCUT2D eigenvalue weighted by atomic mass is 32.2. The maximum atomic E-state index is 11.6. The minimum Gasteiger partial charge on any atom is -0.368 e. The first kappa shape index (κ1) is 16.8. The van der Waals surface area contributed by atoms with Gasteiger partial charge in [0, 0.05) is 5.25 Å². The van der Waals surface area contributed by atoms with Gasteiger partial charge >= 0.3 is 0 Å². The fourth-order valence-corrected chi connectivity index (χ4v) is 3.96. The number of hydrogen-bond acceptors (Lipinski definition) is 3. The molecular formula is C15H30N2OS. The fourth-order valence-electron chi connectivity index (χ4n) is 2.59. The van der Waals surface area contributed by atoms with Crippen molar-refractivity contribution in [3.8, 4) is 0 Å². The predicted octanol–water partition coefficient (Wildman–Crippen LogP) is 3.08. The van der Waals surface area contributed by atoms with Gasteiger partial charge in [-0.3, -0.25) is 4.79 Å². The summed E-state index contributed by atoms with van der Waals surface area (Å²) in [7, 11) is 0. The summed E-state index contributed by atoms with van der Waals surface area (Å²) in [5, 5.41) is 4.20. The van der Waals surface area contributed by atoms with Crippen LogP contribution in [0.2, 0.25) is 0 Å². The van der Waals surface area contributed by atoms with Gasteiger partial charge in [-0.25, -0.2) is 0 Å². The maximum absolute atomic E-state index is 11.6. The Hall–Kier alpha value is -0.220. The van der Waals surface area contributed by atoms with Crippen LogP contribution in [-0.2, 0) is 4.79 Å². The first-order chi connectivity index (χ1) is 9.08. The van der Waals surface area contributed by atoms with E-state index in [0.717, 1.165) is 31.1 Å². The van der Waals surface area contributed by atoms with E-state index in [-0.39, 0.29) is 5.91 Å². The molecular weight excluding hydrogens is 256 g/mol. The number of primary amides is 1. The first-order valence-electron chi connectivity index (χ1n) is 7.75. The minimum atomic E-state index is -0.520. The van der Waals surface area contributed by atoms with Gasteiger partial charge in [0.1, 0.15) is 0 Å². The largest absolute Gasteiger partial charge is 0.368 e. The molecule has 1 saturated carbocycles. The van der Waals surface area contributed by atoms with Gasteiger partial charge in [-0.05, 0) is 51.3 Å². The van der Waals surface area contributed by atoms with Gasteiger partial charge < -0.3 is 11.1 Å². The van der Waals surface area contributed by atoms with Gasteiger partial charge in [-0.2, -0.15) is 11.8 Å². The van der Waals surface area contributed by atoms with Crippen LogP contribution in [0.5, 0.6) is 0 Å². The second kappa shape index (κ2) is 8.85. The summed E-state index contributed by atoms with van der Waals surface area (Å²) in [6.07, 6.45) is 9.79. The summed E-state index contributed by atoms with van der Waals surface area (Å²) in [6.45, 7) is 4.90. The van der Waals surface area contributed by atoms with Gasteiger partial charge in [0.25, 0.3) is 0 Å². The Kier molecular flexibility index (Phi) is 7.84. The molecule has 0 saturated heterocycles. The van der Waals surface area contributed by atoms with Crippen molar-refractivity contribution >= 4 is 17.7 Å². The normalized spacial score (nSPS) is 19.5. The molecule has 1 aliphatic carbocycles. The Morgan fingerprint density at radius 3 is 2.63 bits per heavy atom. The summed E-state index contributed by atoms with van der Waals surface area (Å²) < 4.78 is 0. The van der Waals surface area contributed by atoms with Crippen molar-refractivity contribution in [1.82, 2.24) is 5.32 Å². The molecule has 19 heavy (non-hydrogen) atoms. The van der Waals surface area contributed by atoms with Crippen molar-refractivity contribution in [3.63, 3.8) is 0 Å². The number of nitrogens with one attached hydrogen (secondary N) is 1. The van der Waals surface area contributed by atoms with Gasteiger partial charge in [0.2, 0.25) is 5.91 Å². The predicted molar refractivity (Wildman–Crippen MR) is 84.5 cm³/mol. The smallest absolute Gasteiger partial charge is 0.237 e. The van der Waals surface area contributed by atoms with E-state index in [1.165, 1.54) is 37.9 Å². The fraction of sp³-hybridized carbons (Fsp3) is 0.933. The molecule has 0 aromatic carbocycles. The Morgan fingerprint density at radius 1 is 1.37 bits per heavy atom. The molecule has 0 aliphatic heterocycles. The highest BCUT2D eigenvalue weighted by Crippen LogP contribution is 2.30. The summed E-state index contributed by atoms with van der Waals surface area (Å²) in [5.74, 6) is 1.01. The standard InChI is InChI=1S/C15H30N2OS/c1-3-11-17-15(2,14(16)18)10-6-7-12-19-13-8-4-5-9-13/h13,17H,3-12H2,1-2H3,(H2,16,18). The van der Waals surface area contributed by atoms with Crippen molar-refractivity contribution in [2.24, 2.45) is 5.73 Å². The van der Waals surface area contributed by atoms with E-state index >= 15 is 0 Å². The minimum absolute atomic E-state index is 0.218. The van der Waals surface area contributed by atoms with Crippen LogP contribution in [0.3, 0.4) is 0 Å². The molecule has 4 heteroatoms. The van der Waals surface area contributed by atoms with E-state index in [1.807, 2.05) is 6.92 Å². The molecule has 1 rings (SSSR count). The number of amides is 1. The van der Waals surface area contributed by atoms with Gasteiger partial charge in [-0.1, -0.05) is 26.2 Å². The van der Waals surface area contributed by atoms with Crippen molar-refractivity contribution in [2.75, 3.05) is 12.3 Å². The molecule has 1 aliphatic rings. The molecule has 0 spiro atoms. The Bertz CT molecular complexity index is 267. The molecule has 0 heterocycles. The van der Waals surface area contributed by atoms with Crippen LogP contribution in [0.25, 0.3) is 0 Å². The third-order valence-electron chi connectivity index (χ3n) is 4.04. The second-order valence-corrected chi connectivity index (χ2v) is 7.27. The lowest BCUT2D eigenvalue weighted by Crippen LogP contribution is -2.53. The van der Waals surface area contributed by atoms with E-state index in [2.05, 4.69) is 24.0 Å². The summed E-state index contributed by atoms with van der Waals surface area (Å²) in [5.41, 5.74) is 5.00. The Labute approximate surface area is 122 Å². The SMILES string of the molecule is CCCNC(C)(CCCCSC1CCCC1)C(N)=O. The van der Waals surface area contributed by atoms with Crippen molar-refractivity contribution < 1.29 is 4.79 Å². The van der Waals surface area contributed by atoms with Gasteiger partial charge in [-0.15, -0.1) is 0 Å². The number of hydrogen-bond donors (Lipinski definition) is 2. The van der Waals surface area contributed by atoms with Crippen LogP contribution < -0.4 is 11.1 Å². The van der Waals surface area contributed by atoms with E-state index in [0.29, 0.717) is 0 Å². The van der Waals surface area contributed by atoms with Crippen molar-refractivity contribution in [3.05, 3.63) is 0 Å². The molecule has 0 bridgehead atoms. The molecule has 1 amide bonds. The quantitative estimate of drug-likeness (QED) is 0.607. The number of rotatable bonds is 10. The lowest BCUT2D eigenvalue weighted by molar-refractivity contribution is -0.124. The molecule has 112 valence electrons. The van der Waals surface area contributed by atoms with Crippen LogP contribution in [0.4, 0.5) is 0 Å². The average molecular weight is 286 g/mol. The molecule has 3 nitrogen and oxygen atoms in total. The molecule has 3 N–H and O–H groups in total. The van der Waals surface area contributed by atoms with Crippen LogP contribution >= 0.6 is 11.8 Å². The van der Waals surface area contributed by atoms with Gasteiger partial charge in [0.15, 0.2) is 0 Å². The topological polar surface area (TPSA) is 55.1 Å². The molecule has 0 aromatic heterocycles. The van der Waals surface area contributed by atoms with Gasteiger partial charge in [0.05, 0.1) is 5.54 Å². The number of carbonyl (C=O) groups is 1. The Balaban J connectivity index is 2.15. The molecule has 0 aromatic rings. The van der Waals surface area contributed by atoms with E-state index in [4.69, 9.17) is 5.73 Å².